The quantitative estimate of drug-likeness (QED) is 0.563. The highest BCUT2D eigenvalue weighted by molar-refractivity contribution is 5.72. The third kappa shape index (κ3) is 4.16. The molecule has 2 nitrogen and oxygen atoms in total. The zero-order valence-corrected chi connectivity index (χ0v) is 15.9. The first-order valence-corrected chi connectivity index (χ1v) is 9.88. The molecule has 0 saturated heterocycles. The Labute approximate surface area is 162 Å². The molecule has 0 bridgehead atoms. The van der Waals surface area contributed by atoms with Gasteiger partial charge in [0.1, 0.15) is 5.75 Å². The average molecular weight is 357 g/mol. The van der Waals surface area contributed by atoms with Crippen LogP contribution in [0.3, 0.4) is 0 Å². The molecule has 0 aromatic heterocycles. The minimum absolute atomic E-state index is 0.505. The molecule has 27 heavy (non-hydrogen) atoms. The van der Waals surface area contributed by atoms with Gasteiger partial charge in [0.2, 0.25) is 0 Å². The van der Waals surface area contributed by atoms with Crippen LogP contribution in [0.5, 0.6) is 5.75 Å². The molecule has 3 aromatic rings. The summed E-state index contributed by atoms with van der Waals surface area (Å²) >= 11 is 0. The number of anilines is 1. The molecule has 1 aliphatic carbocycles. The molecule has 1 aliphatic rings. The van der Waals surface area contributed by atoms with Gasteiger partial charge in [0.05, 0.1) is 12.8 Å². The molecule has 1 saturated carbocycles. The van der Waals surface area contributed by atoms with E-state index < -0.39 is 0 Å². The van der Waals surface area contributed by atoms with Crippen LogP contribution in [0.4, 0.5) is 5.69 Å². The van der Waals surface area contributed by atoms with Crippen LogP contribution in [0.15, 0.2) is 78.9 Å². The number of hydrogen-bond donors (Lipinski definition) is 1. The molecule has 0 spiro atoms. The van der Waals surface area contributed by atoms with Gasteiger partial charge in [-0.25, -0.2) is 0 Å². The van der Waals surface area contributed by atoms with Crippen molar-refractivity contribution < 1.29 is 4.74 Å². The van der Waals surface area contributed by atoms with Crippen molar-refractivity contribution in [2.24, 2.45) is 0 Å². The van der Waals surface area contributed by atoms with E-state index in [1.807, 2.05) is 0 Å². The second kappa shape index (κ2) is 8.30. The Hall–Kier alpha value is -2.74. The van der Waals surface area contributed by atoms with Crippen molar-refractivity contribution in [2.45, 2.75) is 37.6 Å². The van der Waals surface area contributed by atoms with Crippen LogP contribution in [0.2, 0.25) is 0 Å². The molecule has 0 unspecified atom stereocenters. The van der Waals surface area contributed by atoms with Gasteiger partial charge in [-0.1, -0.05) is 66.7 Å². The zero-order chi connectivity index (χ0) is 18.5. The predicted molar refractivity (Wildman–Crippen MR) is 113 cm³/mol. The van der Waals surface area contributed by atoms with Crippen LogP contribution in [0, 0.1) is 0 Å². The van der Waals surface area contributed by atoms with Crippen molar-refractivity contribution in [1.29, 1.82) is 0 Å². The highest BCUT2D eigenvalue weighted by Crippen LogP contribution is 2.36. The molecule has 1 fully saturated rings. The summed E-state index contributed by atoms with van der Waals surface area (Å²) in [6.07, 6.45) is 4.86. The Bertz CT molecular complexity index is 852. The van der Waals surface area contributed by atoms with Crippen LogP contribution in [0.1, 0.15) is 37.2 Å². The van der Waals surface area contributed by atoms with Gasteiger partial charge >= 0.3 is 0 Å². The Morgan fingerprint density at radius 1 is 0.741 bits per heavy atom. The summed E-state index contributed by atoms with van der Waals surface area (Å²) in [5.41, 5.74) is 5.04. The van der Waals surface area contributed by atoms with Crippen molar-refractivity contribution in [1.82, 2.24) is 0 Å². The Morgan fingerprint density at radius 3 is 2.07 bits per heavy atom. The van der Waals surface area contributed by atoms with E-state index >= 15 is 0 Å². The smallest absolute Gasteiger partial charge is 0.141 e. The number of methoxy groups -OCH3 is 1. The largest absolute Gasteiger partial charge is 0.495 e. The maximum absolute atomic E-state index is 5.61. The van der Waals surface area contributed by atoms with Crippen molar-refractivity contribution >= 4 is 5.69 Å². The van der Waals surface area contributed by atoms with E-state index in [4.69, 9.17) is 4.74 Å². The number of ether oxygens (including phenoxy) is 1. The molecular weight excluding hydrogens is 330 g/mol. The lowest BCUT2D eigenvalue weighted by atomic mass is 9.81. The summed E-state index contributed by atoms with van der Waals surface area (Å²) in [6, 6.07) is 28.4. The standard InChI is InChI=1S/C25H27NO/c1-27-25-17-14-22(20-10-6-3-7-11-20)18-24(25)26-23-15-12-21(13-16-23)19-8-4-2-5-9-19/h2-11,14,17-18,21,23,26H,12-13,15-16H2,1H3. The summed E-state index contributed by atoms with van der Waals surface area (Å²) in [4.78, 5) is 0. The third-order valence-electron chi connectivity index (χ3n) is 5.66. The maximum atomic E-state index is 5.61. The highest BCUT2D eigenvalue weighted by atomic mass is 16.5. The van der Waals surface area contributed by atoms with Crippen LogP contribution in [-0.4, -0.2) is 13.2 Å². The molecule has 138 valence electrons. The molecule has 0 radical (unpaired) electrons. The Kier molecular flexibility index (Phi) is 5.43. The van der Waals surface area contributed by atoms with Gasteiger partial charge in [-0.3, -0.25) is 0 Å². The van der Waals surface area contributed by atoms with Crippen LogP contribution >= 0.6 is 0 Å². The maximum Gasteiger partial charge on any atom is 0.141 e. The first-order valence-electron chi connectivity index (χ1n) is 9.88. The summed E-state index contributed by atoms with van der Waals surface area (Å²) in [5.74, 6) is 1.61. The van der Waals surface area contributed by atoms with E-state index in [9.17, 15) is 0 Å². The van der Waals surface area contributed by atoms with E-state index in [0.717, 1.165) is 11.4 Å². The molecular formula is C25H27NO. The Balaban J connectivity index is 1.46. The van der Waals surface area contributed by atoms with E-state index in [-0.39, 0.29) is 0 Å². The van der Waals surface area contributed by atoms with Gasteiger partial charge in [0.25, 0.3) is 0 Å². The minimum Gasteiger partial charge on any atom is -0.495 e. The summed E-state index contributed by atoms with van der Waals surface area (Å²) < 4.78 is 5.61. The van der Waals surface area contributed by atoms with Crippen molar-refractivity contribution in [3.8, 4) is 16.9 Å². The first-order chi connectivity index (χ1) is 13.3. The molecule has 0 atom stereocenters. The SMILES string of the molecule is COc1ccc(-c2ccccc2)cc1NC1CCC(c2ccccc2)CC1. The molecule has 1 N–H and O–H groups in total. The molecule has 0 heterocycles. The van der Waals surface area contributed by atoms with Crippen LogP contribution in [-0.2, 0) is 0 Å². The normalized spacial score (nSPS) is 19.4. The number of nitrogens with one attached hydrogen (secondary N) is 1. The molecule has 2 heteroatoms. The summed E-state index contributed by atoms with van der Waals surface area (Å²) in [5, 5.41) is 3.76. The second-order valence-electron chi connectivity index (χ2n) is 7.38. The van der Waals surface area contributed by atoms with Gasteiger partial charge in [0.15, 0.2) is 0 Å². The summed E-state index contributed by atoms with van der Waals surface area (Å²) in [7, 11) is 1.75. The lowest BCUT2D eigenvalue weighted by molar-refractivity contribution is 0.402. The van der Waals surface area contributed by atoms with Crippen LogP contribution < -0.4 is 10.1 Å². The average Bonchev–Trinajstić information content (AvgIpc) is 2.75. The number of hydrogen-bond acceptors (Lipinski definition) is 2. The van der Waals surface area contributed by atoms with Gasteiger partial charge in [-0.05, 0) is 60.4 Å². The predicted octanol–water partition coefficient (Wildman–Crippen LogP) is 6.50. The fourth-order valence-electron chi connectivity index (χ4n) is 4.15. The fourth-order valence-corrected chi connectivity index (χ4v) is 4.15. The third-order valence-corrected chi connectivity index (χ3v) is 5.66. The van der Waals surface area contributed by atoms with E-state index in [0.29, 0.717) is 12.0 Å². The fraction of sp³-hybridized carbons (Fsp3) is 0.280. The van der Waals surface area contributed by atoms with Crippen molar-refractivity contribution in [2.75, 3.05) is 12.4 Å². The van der Waals surface area contributed by atoms with E-state index in [1.165, 1.54) is 42.4 Å². The van der Waals surface area contributed by atoms with Crippen molar-refractivity contribution in [3.05, 3.63) is 84.4 Å². The van der Waals surface area contributed by atoms with Gasteiger partial charge in [-0.15, -0.1) is 0 Å². The van der Waals surface area contributed by atoms with Gasteiger partial charge in [-0.2, -0.15) is 0 Å². The molecule has 4 rings (SSSR count). The van der Waals surface area contributed by atoms with Gasteiger partial charge < -0.3 is 10.1 Å². The zero-order valence-electron chi connectivity index (χ0n) is 15.9. The molecule has 0 aliphatic heterocycles. The lowest BCUT2D eigenvalue weighted by Gasteiger charge is -2.30. The monoisotopic (exact) mass is 357 g/mol. The second-order valence-corrected chi connectivity index (χ2v) is 7.38. The topological polar surface area (TPSA) is 21.3 Å². The van der Waals surface area contributed by atoms with Crippen LogP contribution in [0.25, 0.3) is 11.1 Å². The van der Waals surface area contributed by atoms with E-state index in [1.54, 1.807) is 7.11 Å². The first kappa shape index (κ1) is 17.7. The molecule has 3 aromatic carbocycles. The number of benzene rings is 3. The van der Waals surface area contributed by atoms with Crippen molar-refractivity contribution in [3.63, 3.8) is 0 Å². The summed E-state index contributed by atoms with van der Waals surface area (Å²) in [6.45, 7) is 0. The molecule has 0 amide bonds. The highest BCUT2D eigenvalue weighted by Gasteiger charge is 2.23. The number of rotatable bonds is 5. The van der Waals surface area contributed by atoms with Gasteiger partial charge in [0, 0.05) is 6.04 Å². The minimum atomic E-state index is 0.505. The Morgan fingerprint density at radius 2 is 1.41 bits per heavy atom. The lowest BCUT2D eigenvalue weighted by Crippen LogP contribution is -2.25. The van der Waals surface area contributed by atoms with E-state index in [2.05, 4.69) is 84.2 Å².